The van der Waals surface area contributed by atoms with Crippen molar-refractivity contribution in [1.29, 1.82) is 0 Å². The predicted octanol–water partition coefficient (Wildman–Crippen LogP) is 0.791. The topological polar surface area (TPSA) is 61.4 Å². The van der Waals surface area contributed by atoms with E-state index in [0.717, 1.165) is 13.1 Å². The molecule has 0 bridgehead atoms. The van der Waals surface area contributed by atoms with Crippen molar-refractivity contribution >= 4 is 5.91 Å². The van der Waals surface area contributed by atoms with E-state index in [9.17, 15) is 4.79 Å². The molecule has 17 heavy (non-hydrogen) atoms. The van der Waals surface area contributed by atoms with Crippen LogP contribution in [0.25, 0.3) is 0 Å². The van der Waals surface area contributed by atoms with E-state index >= 15 is 0 Å². The summed E-state index contributed by atoms with van der Waals surface area (Å²) in [7, 11) is 0. The SMILES string of the molecule is CC(CCO)NC(=O)c1ccc2c(c1)CNC2. The second-order valence-electron chi connectivity index (χ2n) is 4.47. The molecule has 0 aromatic heterocycles. The highest BCUT2D eigenvalue weighted by Gasteiger charge is 2.14. The minimum Gasteiger partial charge on any atom is -0.396 e. The van der Waals surface area contributed by atoms with Gasteiger partial charge in [-0.05, 0) is 36.6 Å². The molecule has 0 spiro atoms. The van der Waals surface area contributed by atoms with Crippen LogP contribution in [0.4, 0.5) is 0 Å². The Bertz CT molecular complexity index is 418. The fourth-order valence-electron chi connectivity index (χ4n) is 2.01. The van der Waals surface area contributed by atoms with E-state index in [-0.39, 0.29) is 18.6 Å². The summed E-state index contributed by atoms with van der Waals surface area (Å²) in [6, 6.07) is 5.79. The minimum absolute atomic E-state index is 0.00104. The fraction of sp³-hybridized carbons (Fsp3) is 0.462. The Kier molecular flexibility index (Phi) is 3.76. The van der Waals surface area contributed by atoms with Gasteiger partial charge in [0.1, 0.15) is 0 Å². The molecule has 3 N–H and O–H groups in total. The van der Waals surface area contributed by atoms with E-state index in [4.69, 9.17) is 5.11 Å². The summed E-state index contributed by atoms with van der Waals surface area (Å²) in [5, 5.41) is 14.9. The van der Waals surface area contributed by atoms with E-state index in [2.05, 4.69) is 10.6 Å². The maximum Gasteiger partial charge on any atom is 0.251 e. The van der Waals surface area contributed by atoms with Gasteiger partial charge in [-0.25, -0.2) is 0 Å². The number of aliphatic hydroxyl groups excluding tert-OH is 1. The highest BCUT2D eigenvalue weighted by molar-refractivity contribution is 5.94. The first-order chi connectivity index (χ1) is 8.20. The van der Waals surface area contributed by atoms with Crippen LogP contribution in [-0.4, -0.2) is 23.7 Å². The van der Waals surface area contributed by atoms with Crippen molar-refractivity contribution in [2.24, 2.45) is 0 Å². The third kappa shape index (κ3) is 2.84. The minimum atomic E-state index is -0.0688. The first kappa shape index (κ1) is 12.1. The smallest absolute Gasteiger partial charge is 0.251 e. The van der Waals surface area contributed by atoms with Crippen molar-refractivity contribution in [2.75, 3.05) is 6.61 Å². The largest absolute Gasteiger partial charge is 0.396 e. The van der Waals surface area contributed by atoms with Crippen LogP contribution in [0.5, 0.6) is 0 Å². The Labute approximate surface area is 101 Å². The Morgan fingerprint density at radius 1 is 1.47 bits per heavy atom. The summed E-state index contributed by atoms with van der Waals surface area (Å²) >= 11 is 0. The Hall–Kier alpha value is -1.39. The number of carbonyl (C=O) groups excluding carboxylic acids is 1. The van der Waals surface area contributed by atoms with Gasteiger partial charge in [0, 0.05) is 31.3 Å². The van der Waals surface area contributed by atoms with Crippen LogP contribution >= 0.6 is 0 Å². The second kappa shape index (κ2) is 5.29. The van der Waals surface area contributed by atoms with Gasteiger partial charge in [-0.1, -0.05) is 6.07 Å². The van der Waals surface area contributed by atoms with E-state index in [1.807, 2.05) is 25.1 Å². The van der Waals surface area contributed by atoms with Crippen molar-refractivity contribution in [2.45, 2.75) is 32.5 Å². The van der Waals surface area contributed by atoms with Crippen LogP contribution in [0.1, 0.15) is 34.8 Å². The molecule has 0 saturated carbocycles. The van der Waals surface area contributed by atoms with Crippen molar-refractivity contribution in [1.82, 2.24) is 10.6 Å². The summed E-state index contributed by atoms with van der Waals surface area (Å²) in [5.74, 6) is -0.0688. The normalized spacial score (nSPS) is 15.4. The summed E-state index contributed by atoms with van der Waals surface area (Å²) in [6.07, 6.45) is 0.582. The third-order valence-corrected chi connectivity index (χ3v) is 3.04. The quantitative estimate of drug-likeness (QED) is 0.722. The fourth-order valence-corrected chi connectivity index (χ4v) is 2.01. The number of hydrogen-bond donors (Lipinski definition) is 3. The first-order valence-corrected chi connectivity index (χ1v) is 5.95. The molecule has 0 radical (unpaired) electrons. The number of aliphatic hydroxyl groups is 1. The lowest BCUT2D eigenvalue weighted by molar-refractivity contribution is 0.0934. The lowest BCUT2D eigenvalue weighted by Crippen LogP contribution is -2.33. The van der Waals surface area contributed by atoms with Crippen molar-refractivity contribution < 1.29 is 9.90 Å². The number of nitrogens with one attached hydrogen (secondary N) is 2. The molecule has 0 aliphatic carbocycles. The molecule has 4 heteroatoms. The van der Waals surface area contributed by atoms with Gasteiger partial charge in [0.15, 0.2) is 0 Å². The number of carbonyl (C=O) groups is 1. The van der Waals surface area contributed by atoms with E-state index in [0.29, 0.717) is 12.0 Å². The van der Waals surface area contributed by atoms with Crippen LogP contribution in [0.15, 0.2) is 18.2 Å². The molecular formula is C13H18N2O2. The molecule has 4 nitrogen and oxygen atoms in total. The summed E-state index contributed by atoms with van der Waals surface area (Å²) < 4.78 is 0. The zero-order chi connectivity index (χ0) is 12.3. The lowest BCUT2D eigenvalue weighted by Gasteiger charge is -2.12. The molecule has 1 aromatic carbocycles. The van der Waals surface area contributed by atoms with E-state index in [1.54, 1.807) is 0 Å². The molecule has 0 fully saturated rings. The number of amides is 1. The van der Waals surface area contributed by atoms with Crippen molar-refractivity contribution in [3.05, 3.63) is 34.9 Å². The molecular weight excluding hydrogens is 216 g/mol. The van der Waals surface area contributed by atoms with Gasteiger partial charge >= 0.3 is 0 Å². The zero-order valence-corrected chi connectivity index (χ0v) is 9.99. The maximum absolute atomic E-state index is 11.9. The van der Waals surface area contributed by atoms with Gasteiger partial charge in [-0.2, -0.15) is 0 Å². The standard InChI is InChI=1S/C13H18N2O2/c1-9(4-5-16)15-13(17)10-2-3-11-7-14-8-12(11)6-10/h2-3,6,9,14,16H,4-5,7-8H2,1H3,(H,15,17). The van der Waals surface area contributed by atoms with Crippen molar-refractivity contribution in [3.63, 3.8) is 0 Å². The molecule has 1 unspecified atom stereocenters. The summed E-state index contributed by atoms with van der Waals surface area (Å²) in [6.45, 7) is 3.71. The van der Waals surface area contributed by atoms with Crippen LogP contribution in [0, 0.1) is 0 Å². The summed E-state index contributed by atoms with van der Waals surface area (Å²) in [5.41, 5.74) is 3.16. The Morgan fingerprint density at radius 3 is 3.00 bits per heavy atom. The van der Waals surface area contributed by atoms with Crippen LogP contribution < -0.4 is 10.6 Å². The Morgan fingerprint density at radius 2 is 2.24 bits per heavy atom. The molecule has 1 atom stereocenters. The molecule has 1 amide bonds. The lowest BCUT2D eigenvalue weighted by atomic mass is 10.1. The molecule has 1 heterocycles. The van der Waals surface area contributed by atoms with Gasteiger partial charge in [-0.3, -0.25) is 4.79 Å². The Balaban J connectivity index is 2.04. The predicted molar refractivity (Wildman–Crippen MR) is 65.6 cm³/mol. The van der Waals surface area contributed by atoms with Crippen LogP contribution in [0.2, 0.25) is 0 Å². The average Bonchev–Trinajstić information content (AvgIpc) is 2.75. The van der Waals surface area contributed by atoms with Gasteiger partial charge in [0.25, 0.3) is 5.91 Å². The number of fused-ring (bicyclic) bond motifs is 1. The van der Waals surface area contributed by atoms with Gasteiger partial charge < -0.3 is 15.7 Å². The number of rotatable bonds is 4. The van der Waals surface area contributed by atoms with Gasteiger partial charge in [0.2, 0.25) is 0 Å². The second-order valence-corrected chi connectivity index (χ2v) is 4.47. The molecule has 0 saturated heterocycles. The van der Waals surface area contributed by atoms with Gasteiger partial charge in [0.05, 0.1) is 0 Å². The van der Waals surface area contributed by atoms with Gasteiger partial charge in [-0.15, -0.1) is 0 Å². The molecule has 92 valence electrons. The van der Waals surface area contributed by atoms with E-state index < -0.39 is 0 Å². The van der Waals surface area contributed by atoms with Crippen LogP contribution in [0.3, 0.4) is 0 Å². The molecule has 1 aliphatic rings. The van der Waals surface area contributed by atoms with Crippen LogP contribution in [-0.2, 0) is 13.1 Å². The number of benzene rings is 1. The highest BCUT2D eigenvalue weighted by Crippen LogP contribution is 2.17. The third-order valence-electron chi connectivity index (χ3n) is 3.04. The van der Waals surface area contributed by atoms with Crippen molar-refractivity contribution in [3.8, 4) is 0 Å². The molecule has 1 aromatic rings. The monoisotopic (exact) mass is 234 g/mol. The maximum atomic E-state index is 11.9. The average molecular weight is 234 g/mol. The summed E-state index contributed by atoms with van der Waals surface area (Å²) in [4.78, 5) is 11.9. The van der Waals surface area contributed by atoms with E-state index in [1.165, 1.54) is 11.1 Å². The number of hydrogen-bond acceptors (Lipinski definition) is 3. The molecule has 1 aliphatic heterocycles. The zero-order valence-electron chi connectivity index (χ0n) is 9.99. The molecule has 2 rings (SSSR count). The highest BCUT2D eigenvalue weighted by atomic mass is 16.3. The first-order valence-electron chi connectivity index (χ1n) is 5.95.